The molecule has 0 aliphatic heterocycles. The molecule has 1 N–H and O–H groups in total. The Hall–Kier alpha value is -4.32. The molecular weight excluding hydrogens is 414 g/mol. The summed E-state index contributed by atoms with van der Waals surface area (Å²) < 4.78 is 18.7. The maximum Gasteiger partial charge on any atom is 0.232 e. The van der Waals surface area contributed by atoms with Crippen LogP contribution in [0, 0.1) is 5.41 Å². The lowest BCUT2D eigenvalue weighted by atomic mass is 9.99. The minimum absolute atomic E-state index is 0.346. The Balaban J connectivity index is 1.73. The third-order valence-corrected chi connectivity index (χ3v) is 5.65. The smallest absolute Gasteiger partial charge is 0.232 e. The van der Waals surface area contributed by atoms with Crippen molar-refractivity contribution in [3.8, 4) is 33.9 Å². The van der Waals surface area contributed by atoms with E-state index in [2.05, 4.69) is 4.98 Å². The van der Waals surface area contributed by atoms with Gasteiger partial charge in [-0.1, -0.05) is 42.5 Å². The number of aromatic nitrogens is 2. The normalized spacial score (nSPS) is 11.0. The summed E-state index contributed by atoms with van der Waals surface area (Å²) in [6, 6.07) is 25.5. The first kappa shape index (κ1) is 20.6. The standard InChI is InChI=1S/C27H23N3O3/c1-31-21-12-8-19(9-13-21)23-24-26(28)30(16-18-6-4-3-5-7-18)17-29-27(24)33-25(23)20-10-14-22(32-2)15-11-20/h3-15,17,28H,16H2,1-2H3. The quantitative estimate of drug-likeness (QED) is 0.380. The minimum atomic E-state index is 0.346. The summed E-state index contributed by atoms with van der Waals surface area (Å²) in [6.07, 6.45) is 1.66. The van der Waals surface area contributed by atoms with Gasteiger partial charge >= 0.3 is 0 Å². The van der Waals surface area contributed by atoms with Gasteiger partial charge in [0.25, 0.3) is 0 Å². The van der Waals surface area contributed by atoms with Crippen molar-refractivity contribution in [3.05, 3.63) is 96.2 Å². The zero-order valence-electron chi connectivity index (χ0n) is 18.4. The number of benzene rings is 3. The lowest BCUT2D eigenvalue weighted by Gasteiger charge is -2.09. The Bertz CT molecular complexity index is 1450. The largest absolute Gasteiger partial charge is 0.497 e. The van der Waals surface area contributed by atoms with Gasteiger partial charge in [-0.2, -0.15) is 0 Å². The first-order valence-corrected chi connectivity index (χ1v) is 10.6. The van der Waals surface area contributed by atoms with E-state index in [1.54, 1.807) is 20.5 Å². The molecule has 6 heteroatoms. The number of rotatable bonds is 6. The molecule has 6 nitrogen and oxygen atoms in total. The van der Waals surface area contributed by atoms with Crippen molar-refractivity contribution >= 4 is 11.1 Å². The highest BCUT2D eigenvalue weighted by atomic mass is 16.5. The molecule has 0 bridgehead atoms. The van der Waals surface area contributed by atoms with Crippen molar-refractivity contribution in [2.24, 2.45) is 0 Å². The zero-order valence-corrected chi connectivity index (χ0v) is 18.4. The van der Waals surface area contributed by atoms with E-state index < -0.39 is 0 Å². The topological polar surface area (TPSA) is 73.3 Å². The predicted octanol–water partition coefficient (Wildman–Crippen LogP) is 5.51. The van der Waals surface area contributed by atoms with Gasteiger partial charge in [-0.05, 0) is 47.5 Å². The molecule has 0 amide bonds. The van der Waals surface area contributed by atoms with E-state index >= 15 is 0 Å². The van der Waals surface area contributed by atoms with Crippen LogP contribution in [-0.4, -0.2) is 23.8 Å². The van der Waals surface area contributed by atoms with E-state index in [0.717, 1.165) is 33.8 Å². The second kappa shape index (κ2) is 8.67. The molecule has 0 aliphatic carbocycles. The number of hydrogen-bond donors (Lipinski definition) is 1. The predicted molar refractivity (Wildman–Crippen MR) is 127 cm³/mol. The average Bonchev–Trinajstić information content (AvgIpc) is 3.27. The summed E-state index contributed by atoms with van der Waals surface area (Å²) in [5.74, 6) is 2.19. The third-order valence-electron chi connectivity index (χ3n) is 5.65. The van der Waals surface area contributed by atoms with E-state index in [4.69, 9.17) is 19.3 Å². The third kappa shape index (κ3) is 3.87. The zero-order chi connectivity index (χ0) is 22.8. The summed E-state index contributed by atoms with van der Waals surface area (Å²) in [7, 11) is 3.28. The van der Waals surface area contributed by atoms with Crippen LogP contribution in [0.4, 0.5) is 0 Å². The Kier molecular flexibility index (Phi) is 5.40. The molecule has 0 saturated heterocycles. The van der Waals surface area contributed by atoms with Gasteiger partial charge in [0, 0.05) is 11.1 Å². The van der Waals surface area contributed by atoms with Crippen LogP contribution >= 0.6 is 0 Å². The fourth-order valence-corrected chi connectivity index (χ4v) is 3.93. The fourth-order valence-electron chi connectivity index (χ4n) is 3.93. The van der Waals surface area contributed by atoms with Crippen molar-refractivity contribution in [2.75, 3.05) is 14.2 Å². The molecule has 0 saturated carbocycles. The monoisotopic (exact) mass is 437 g/mol. The second-order valence-electron chi connectivity index (χ2n) is 7.65. The lowest BCUT2D eigenvalue weighted by Crippen LogP contribution is -2.21. The summed E-state index contributed by atoms with van der Waals surface area (Å²) in [6.45, 7) is 0.549. The molecule has 0 atom stereocenters. The molecule has 0 spiro atoms. The van der Waals surface area contributed by atoms with Gasteiger partial charge in [0.05, 0.1) is 26.2 Å². The minimum Gasteiger partial charge on any atom is -0.497 e. The highest BCUT2D eigenvalue weighted by Gasteiger charge is 2.21. The number of hydrogen-bond acceptors (Lipinski definition) is 5. The van der Waals surface area contributed by atoms with Crippen LogP contribution < -0.4 is 15.0 Å². The van der Waals surface area contributed by atoms with Crippen LogP contribution in [0.2, 0.25) is 0 Å². The number of fused-ring (bicyclic) bond motifs is 1. The number of nitrogens with zero attached hydrogens (tertiary/aromatic N) is 2. The van der Waals surface area contributed by atoms with E-state index in [1.165, 1.54) is 0 Å². The summed E-state index contributed by atoms with van der Waals surface area (Å²) >= 11 is 0. The molecule has 0 unspecified atom stereocenters. The Morgan fingerprint density at radius 1 is 0.818 bits per heavy atom. The van der Waals surface area contributed by atoms with Crippen molar-refractivity contribution in [1.29, 1.82) is 5.41 Å². The van der Waals surface area contributed by atoms with Crippen molar-refractivity contribution in [3.63, 3.8) is 0 Å². The van der Waals surface area contributed by atoms with Crippen molar-refractivity contribution in [2.45, 2.75) is 6.54 Å². The molecule has 3 aromatic carbocycles. The number of methoxy groups -OCH3 is 2. The van der Waals surface area contributed by atoms with Crippen molar-refractivity contribution < 1.29 is 13.9 Å². The Morgan fingerprint density at radius 2 is 1.42 bits per heavy atom. The first-order valence-electron chi connectivity index (χ1n) is 10.6. The van der Waals surface area contributed by atoms with E-state index in [0.29, 0.717) is 28.9 Å². The maximum atomic E-state index is 9.02. The number of furan rings is 1. The molecule has 2 heterocycles. The molecule has 164 valence electrons. The highest BCUT2D eigenvalue weighted by Crippen LogP contribution is 2.39. The highest BCUT2D eigenvalue weighted by molar-refractivity contribution is 5.99. The molecule has 5 rings (SSSR count). The fraction of sp³-hybridized carbons (Fsp3) is 0.111. The van der Waals surface area contributed by atoms with Crippen LogP contribution in [0.1, 0.15) is 5.56 Å². The van der Waals surface area contributed by atoms with Crippen LogP contribution in [-0.2, 0) is 6.54 Å². The second-order valence-corrected chi connectivity index (χ2v) is 7.65. The molecule has 5 aromatic rings. The Labute approximate surface area is 191 Å². The molecule has 0 fully saturated rings. The average molecular weight is 437 g/mol. The van der Waals surface area contributed by atoms with Gasteiger partial charge in [-0.15, -0.1) is 0 Å². The van der Waals surface area contributed by atoms with Crippen LogP contribution in [0.3, 0.4) is 0 Å². The molecule has 0 radical (unpaired) electrons. The molecule has 33 heavy (non-hydrogen) atoms. The van der Waals surface area contributed by atoms with Crippen molar-refractivity contribution in [1.82, 2.24) is 9.55 Å². The van der Waals surface area contributed by atoms with E-state index in [-0.39, 0.29) is 0 Å². The molecule has 2 aromatic heterocycles. The molecular formula is C27H23N3O3. The summed E-state index contributed by atoms with van der Waals surface area (Å²) in [4.78, 5) is 4.56. The van der Waals surface area contributed by atoms with Crippen LogP contribution in [0.5, 0.6) is 11.5 Å². The van der Waals surface area contributed by atoms with Gasteiger partial charge in [0.15, 0.2) is 0 Å². The van der Waals surface area contributed by atoms with Gasteiger partial charge in [-0.25, -0.2) is 4.98 Å². The van der Waals surface area contributed by atoms with Crippen LogP contribution in [0.25, 0.3) is 33.6 Å². The number of ether oxygens (including phenoxy) is 2. The molecule has 0 aliphatic rings. The lowest BCUT2D eigenvalue weighted by molar-refractivity contribution is 0.414. The van der Waals surface area contributed by atoms with Gasteiger partial charge < -0.3 is 18.5 Å². The van der Waals surface area contributed by atoms with Crippen LogP contribution in [0.15, 0.2) is 89.6 Å². The number of nitrogens with one attached hydrogen (secondary N) is 1. The Morgan fingerprint density at radius 3 is 2.03 bits per heavy atom. The first-order chi connectivity index (χ1) is 16.2. The van der Waals surface area contributed by atoms with Gasteiger partial charge in [-0.3, -0.25) is 5.41 Å². The van der Waals surface area contributed by atoms with E-state index in [1.807, 2.05) is 83.4 Å². The summed E-state index contributed by atoms with van der Waals surface area (Å²) in [5, 5.41) is 9.69. The van der Waals surface area contributed by atoms with Gasteiger partial charge in [0.1, 0.15) is 29.1 Å². The van der Waals surface area contributed by atoms with Gasteiger partial charge in [0.2, 0.25) is 5.71 Å². The summed E-state index contributed by atoms with van der Waals surface area (Å²) in [5.41, 5.74) is 4.51. The SMILES string of the molecule is COc1ccc(-c2oc3ncn(Cc4ccccc4)c(=N)c3c2-c2ccc(OC)cc2)cc1. The van der Waals surface area contributed by atoms with E-state index in [9.17, 15) is 0 Å². The maximum absolute atomic E-state index is 9.02.